The van der Waals surface area contributed by atoms with Crippen LogP contribution in [0.2, 0.25) is 0 Å². The molecule has 0 saturated heterocycles. The Labute approximate surface area is 144 Å². The lowest BCUT2D eigenvalue weighted by molar-refractivity contribution is -0.149. The minimum absolute atomic E-state index is 0.0982. The predicted octanol–water partition coefficient (Wildman–Crippen LogP) is 4.35. The number of benzene rings is 2. The standard InChI is InChI=1S/C21H25NO2/c1-3-14-21(20(23)24-4-2)15-18-12-8-9-13-19(18)22(21)16-17-10-6-5-7-11-17/h5-13H,3-4,14-16H2,1-2H3. The van der Waals surface area contributed by atoms with Crippen molar-refractivity contribution in [3.8, 4) is 0 Å². The summed E-state index contributed by atoms with van der Waals surface area (Å²) in [7, 11) is 0. The van der Waals surface area contributed by atoms with Gasteiger partial charge in [0.15, 0.2) is 0 Å². The molecule has 0 aliphatic carbocycles. The van der Waals surface area contributed by atoms with E-state index in [1.165, 1.54) is 11.1 Å². The SMILES string of the molecule is CCCC1(C(=O)OCC)Cc2ccccc2N1Cc1ccccc1. The van der Waals surface area contributed by atoms with E-state index in [0.29, 0.717) is 6.61 Å². The van der Waals surface area contributed by atoms with Gasteiger partial charge in [0.05, 0.1) is 6.61 Å². The van der Waals surface area contributed by atoms with Crippen molar-refractivity contribution in [2.24, 2.45) is 0 Å². The van der Waals surface area contributed by atoms with Gasteiger partial charge >= 0.3 is 5.97 Å². The molecule has 3 nitrogen and oxygen atoms in total. The van der Waals surface area contributed by atoms with Gasteiger partial charge in [0.2, 0.25) is 0 Å². The van der Waals surface area contributed by atoms with Crippen LogP contribution < -0.4 is 4.90 Å². The summed E-state index contributed by atoms with van der Waals surface area (Å²) in [5.41, 5.74) is 3.00. The molecule has 0 radical (unpaired) electrons. The number of esters is 1. The first-order chi connectivity index (χ1) is 11.7. The van der Waals surface area contributed by atoms with Gasteiger partial charge in [-0.2, -0.15) is 0 Å². The minimum Gasteiger partial charge on any atom is -0.464 e. The molecule has 2 aromatic rings. The highest BCUT2D eigenvalue weighted by molar-refractivity contribution is 5.89. The van der Waals surface area contributed by atoms with Gasteiger partial charge in [-0.15, -0.1) is 0 Å². The number of ether oxygens (including phenoxy) is 1. The maximum Gasteiger partial charge on any atom is 0.332 e. The normalized spacial score (nSPS) is 19.2. The molecule has 0 spiro atoms. The van der Waals surface area contributed by atoms with Gasteiger partial charge in [-0.05, 0) is 30.5 Å². The van der Waals surface area contributed by atoms with E-state index < -0.39 is 5.54 Å². The van der Waals surface area contributed by atoms with E-state index in [9.17, 15) is 4.79 Å². The minimum atomic E-state index is -0.593. The molecule has 24 heavy (non-hydrogen) atoms. The summed E-state index contributed by atoms with van der Waals surface area (Å²) in [6.07, 6.45) is 2.47. The average Bonchev–Trinajstić information content (AvgIpc) is 2.91. The van der Waals surface area contributed by atoms with E-state index >= 15 is 0 Å². The van der Waals surface area contributed by atoms with E-state index in [4.69, 9.17) is 4.74 Å². The third-order valence-corrected chi connectivity index (χ3v) is 4.78. The summed E-state index contributed by atoms with van der Waals surface area (Å²) in [5, 5.41) is 0. The second-order valence-electron chi connectivity index (χ2n) is 6.38. The Kier molecular flexibility index (Phi) is 4.89. The van der Waals surface area contributed by atoms with Crippen LogP contribution in [-0.4, -0.2) is 18.1 Å². The van der Waals surface area contributed by atoms with Crippen LogP contribution in [0.15, 0.2) is 54.6 Å². The van der Waals surface area contributed by atoms with Crippen LogP contribution in [0.1, 0.15) is 37.8 Å². The number of anilines is 1. The van der Waals surface area contributed by atoms with Gasteiger partial charge in [0.1, 0.15) is 5.54 Å². The van der Waals surface area contributed by atoms with Crippen LogP contribution in [0.25, 0.3) is 0 Å². The Morgan fingerprint density at radius 2 is 1.79 bits per heavy atom. The molecule has 2 aromatic carbocycles. The van der Waals surface area contributed by atoms with Crippen molar-refractivity contribution in [1.29, 1.82) is 0 Å². The highest BCUT2D eigenvalue weighted by atomic mass is 16.5. The Hall–Kier alpha value is -2.29. The topological polar surface area (TPSA) is 29.5 Å². The van der Waals surface area contributed by atoms with Crippen molar-refractivity contribution in [3.05, 3.63) is 65.7 Å². The van der Waals surface area contributed by atoms with E-state index in [0.717, 1.165) is 31.5 Å². The number of fused-ring (bicyclic) bond motifs is 1. The lowest BCUT2D eigenvalue weighted by Crippen LogP contribution is -2.53. The first-order valence-corrected chi connectivity index (χ1v) is 8.78. The number of nitrogens with zero attached hydrogens (tertiary/aromatic N) is 1. The van der Waals surface area contributed by atoms with Crippen molar-refractivity contribution in [3.63, 3.8) is 0 Å². The van der Waals surface area contributed by atoms with Crippen LogP contribution >= 0.6 is 0 Å². The third-order valence-electron chi connectivity index (χ3n) is 4.78. The summed E-state index contributed by atoms with van der Waals surface area (Å²) in [4.78, 5) is 15.2. The molecule has 126 valence electrons. The van der Waals surface area contributed by atoms with Gasteiger partial charge in [-0.3, -0.25) is 0 Å². The molecule has 0 saturated carbocycles. The number of carbonyl (C=O) groups excluding carboxylic acids is 1. The van der Waals surface area contributed by atoms with Gasteiger partial charge in [-0.25, -0.2) is 4.79 Å². The third kappa shape index (κ3) is 2.91. The molecule has 0 aromatic heterocycles. The predicted molar refractivity (Wildman–Crippen MR) is 97.0 cm³/mol. The summed E-state index contributed by atoms with van der Waals surface area (Å²) in [6.45, 7) is 5.14. The van der Waals surface area contributed by atoms with Crippen LogP contribution in [0, 0.1) is 0 Å². The summed E-state index contributed by atoms with van der Waals surface area (Å²) >= 11 is 0. The second-order valence-corrected chi connectivity index (χ2v) is 6.38. The number of rotatable bonds is 6. The Morgan fingerprint density at radius 3 is 2.50 bits per heavy atom. The summed E-state index contributed by atoms with van der Waals surface area (Å²) < 4.78 is 5.50. The molecular formula is C21H25NO2. The zero-order valence-corrected chi connectivity index (χ0v) is 14.5. The molecule has 1 atom stereocenters. The lowest BCUT2D eigenvalue weighted by Gasteiger charge is -2.38. The van der Waals surface area contributed by atoms with Crippen molar-refractivity contribution < 1.29 is 9.53 Å². The monoisotopic (exact) mass is 323 g/mol. The Bertz CT molecular complexity index is 698. The average molecular weight is 323 g/mol. The van der Waals surface area contributed by atoms with Crippen LogP contribution in [-0.2, 0) is 22.5 Å². The Morgan fingerprint density at radius 1 is 1.08 bits per heavy atom. The van der Waals surface area contributed by atoms with E-state index in [1.807, 2.05) is 37.3 Å². The molecule has 3 heteroatoms. The molecule has 1 heterocycles. The van der Waals surface area contributed by atoms with Crippen LogP contribution in [0.3, 0.4) is 0 Å². The first kappa shape index (κ1) is 16.6. The molecule has 0 amide bonds. The molecule has 0 bridgehead atoms. The van der Waals surface area contributed by atoms with Crippen molar-refractivity contribution >= 4 is 11.7 Å². The largest absolute Gasteiger partial charge is 0.464 e. The molecule has 0 N–H and O–H groups in total. The van der Waals surface area contributed by atoms with Gasteiger partial charge in [0.25, 0.3) is 0 Å². The van der Waals surface area contributed by atoms with Crippen molar-refractivity contribution in [2.75, 3.05) is 11.5 Å². The van der Waals surface area contributed by atoms with Crippen LogP contribution in [0.4, 0.5) is 5.69 Å². The molecule has 1 aliphatic heterocycles. The highest BCUT2D eigenvalue weighted by Gasteiger charge is 2.49. The number of hydrogen-bond acceptors (Lipinski definition) is 3. The lowest BCUT2D eigenvalue weighted by atomic mass is 9.88. The Balaban J connectivity index is 2.04. The number of para-hydroxylation sites is 1. The molecule has 1 unspecified atom stereocenters. The fraction of sp³-hybridized carbons (Fsp3) is 0.381. The van der Waals surface area contributed by atoms with Crippen molar-refractivity contribution in [2.45, 2.75) is 45.2 Å². The highest BCUT2D eigenvalue weighted by Crippen LogP contribution is 2.43. The fourth-order valence-electron chi connectivity index (χ4n) is 3.75. The van der Waals surface area contributed by atoms with E-state index in [2.05, 4.69) is 36.1 Å². The molecule has 1 aliphatic rings. The number of carbonyl (C=O) groups is 1. The number of hydrogen-bond donors (Lipinski definition) is 0. The smallest absolute Gasteiger partial charge is 0.332 e. The summed E-state index contributed by atoms with van der Waals surface area (Å²) in [5.74, 6) is -0.0982. The quantitative estimate of drug-likeness (QED) is 0.740. The first-order valence-electron chi connectivity index (χ1n) is 8.78. The van der Waals surface area contributed by atoms with Crippen molar-refractivity contribution in [1.82, 2.24) is 0 Å². The molecule has 0 fully saturated rings. The fourth-order valence-corrected chi connectivity index (χ4v) is 3.75. The zero-order valence-electron chi connectivity index (χ0n) is 14.5. The molecule has 3 rings (SSSR count). The van der Waals surface area contributed by atoms with Crippen LogP contribution in [0.5, 0.6) is 0 Å². The van der Waals surface area contributed by atoms with Gasteiger partial charge in [-0.1, -0.05) is 61.9 Å². The zero-order chi connectivity index (χ0) is 17.0. The van der Waals surface area contributed by atoms with E-state index in [-0.39, 0.29) is 5.97 Å². The van der Waals surface area contributed by atoms with Gasteiger partial charge < -0.3 is 9.64 Å². The maximum atomic E-state index is 13.0. The van der Waals surface area contributed by atoms with Gasteiger partial charge in [0, 0.05) is 18.7 Å². The summed E-state index contributed by atoms with van der Waals surface area (Å²) in [6, 6.07) is 18.7. The second kappa shape index (κ2) is 7.08. The maximum absolute atomic E-state index is 13.0. The molecular weight excluding hydrogens is 298 g/mol. The van der Waals surface area contributed by atoms with E-state index in [1.54, 1.807) is 0 Å².